The van der Waals surface area contributed by atoms with Gasteiger partial charge in [0.15, 0.2) is 0 Å². The van der Waals surface area contributed by atoms with Crippen LogP contribution in [0.2, 0.25) is 0 Å². The molecule has 6 heteroatoms. The Bertz CT molecular complexity index is 594. The normalized spacial score (nSPS) is 11.3. The standard InChI is InChI=1S/C15H21FN2O2S/c1-2-3-4-5-6-7-10-18-21(19,20)14-8-9-15(16)13(11-14)12-17/h8-9,11,18H,2-7,10H2,1H3. The average Bonchev–Trinajstić information content (AvgIpc) is 2.46. The molecule has 0 fully saturated rings. The largest absolute Gasteiger partial charge is 0.240 e. The molecule has 0 saturated carbocycles. The lowest BCUT2D eigenvalue weighted by Gasteiger charge is -2.07. The molecule has 0 radical (unpaired) electrons. The molecule has 0 unspecified atom stereocenters. The van der Waals surface area contributed by atoms with Crippen molar-refractivity contribution in [2.45, 2.75) is 50.3 Å². The Hall–Kier alpha value is -1.45. The second kappa shape index (κ2) is 8.75. The first-order valence-electron chi connectivity index (χ1n) is 7.20. The first-order valence-corrected chi connectivity index (χ1v) is 8.69. The van der Waals surface area contributed by atoms with Crippen LogP contribution < -0.4 is 4.72 Å². The van der Waals surface area contributed by atoms with E-state index in [9.17, 15) is 12.8 Å². The summed E-state index contributed by atoms with van der Waals surface area (Å²) in [5.41, 5.74) is -0.266. The van der Waals surface area contributed by atoms with Gasteiger partial charge in [-0.15, -0.1) is 0 Å². The SMILES string of the molecule is CCCCCCCCNS(=O)(=O)c1ccc(F)c(C#N)c1. The molecule has 1 rings (SSSR count). The summed E-state index contributed by atoms with van der Waals surface area (Å²) in [6.45, 7) is 2.50. The van der Waals surface area contributed by atoms with Gasteiger partial charge in [-0.25, -0.2) is 17.5 Å². The molecule has 0 aliphatic carbocycles. The Kier molecular flexibility index (Phi) is 7.34. The number of hydrogen-bond donors (Lipinski definition) is 1. The Labute approximate surface area is 126 Å². The quantitative estimate of drug-likeness (QED) is 0.711. The van der Waals surface area contributed by atoms with E-state index in [1.54, 1.807) is 6.07 Å². The zero-order valence-corrected chi connectivity index (χ0v) is 13.0. The van der Waals surface area contributed by atoms with Crippen LogP contribution in [0.25, 0.3) is 0 Å². The highest BCUT2D eigenvalue weighted by Gasteiger charge is 2.15. The van der Waals surface area contributed by atoms with Crippen LogP contribution in [-0.4, -0.2) is 15.0 Å². The molecule has 0 atom stereocenters. The van der Waals surface area contributed by atoms with E-state index in [1.165, 1.54) is 25.3 Å². The van der Waals surface area contributed by atoms with Gasteiger partial charge in [0, 0.05) is 6.54 Å². The zero-order chi connectivity index (χ0) is 15.7. The number of nitrogens with one attached hydrogen (secondary N) is 1. The highest BCUT2D eigenvalue weighted by atomic mass is 32.2. The van der Waals surface area contributed by atoms with Crippen molar-refractivity contribution in [1.29, 1.82) is 5.26 Å². The number of unbranched alkanes of at least 4 members (excludes halogenated alkanes) is 5. The molecule has 0 aromatic heterocycles. The summed E-state index contributed by atoms with van der Waals surface area (Å²) in [6, 6.07) is 4.86. The third kappa shape index (κ3) is 5.82. The van der Waals surface area contributed by atoms with Crippen molar-refractivity contribution in [2.24, 2.45) is 0 Å². The van der Waals surface area contributed by atoms with Gasteiger partial charge in [0.2, 0.25) is 10.0 Å². The molecule has 0 aliphatic rings. The zero-order valence-electron chi connectivity index (χ0n) is 12.2. The molecule has 4 nitrogen and oxygen atoms in total. The molecule has 0 aliphatic heterocycles. The molecular formula is C15H21FN2O2S. The molecule has 1 aromatic rings. The maximum Gasteiger partial charge on any atom is 0.240 e. The van der Waals surface area contributed by atoms with E-state index in [2.05, 4.69) is 11.6 Å². The fourth-order valence-electron chi connectivity index (χ4n) is 1.95. The molecule has 0 amide bonds. The maximum atomic E-state index is 13.2. The summed E-state index contributed by atoms with van der Waals surface area (Å²) in [6.07, 6.45) is 6.42. The summed E-state index contributed by atoms with van der Waals surface area (Å²) >= 11 is 0. The second-order valence-corrected chi connectivity index (χ2v) is 6.69. The topological polar surface area (TPSA) is 70.0 Å². The van der Waals surface area contributed by atoms with Crippen LogP contribution in [0.1, 0.15) is 51.0 Å². The number of rotatable bonds is 9. The van der Waals surface area contributed by atoms with Crippen molar-refractivity contribution >= 4 is 10.0 Å². The van der Waals surface area contributed by atoms with E-state index >= 15 is 0 Å². The second-order valence-electron chi connectivity index (χ2n) is 4.92. The smallest absolute Gasteiger partial charge is 0.211 e. The number of nitrogens with zero attached hydrogens (tertiary/aromatic N) is 1. The van der Waals surface area contributed by atoms with E-state index in [0.29, 0.717) is 6.54 Å². The van der Waals surface area contributed by atoms with E-state index < -0.39 is 15.8 Å². The van der Waals surface area contributed by atoms with Crippen LogP contribution in [0.15, 0.2) is 23.1 Å². The molecule has 1 N–H and O–H groups in total. The van der Waals surface area contributed by atoms with Crippen LogP contribution in [-0.2, 0) is 10.0 Å². The number of nitriles is 1. The van der Waals surface area contributed by atoms with Crippen LogP contribution in [0.5, 0.6) is 0 Å². The number of benzene rings is 1. The van der Waals surface area contributed by atoms with Crippen molar-refractivity contribution in [3.63, 3.8) is 0 Å². The summed E-state index contributed by atoms with van der Waals surface area (Å²) < 4.78 is 39.7. The molecular weight excluding hydrogens is 291 g/mol. The fourth-order valence-corrected chi connectivity index (χ4v) is 3.05. The minimum Gasteiger partial charge on any atom is -0.211 e. The van der Waals surface area contributed by atoms with Crippen molar-refractivity contribution < 1.29 is 12.8 Å². The summed E-state index contributed by atoms with van der Waals surface area (Å²) in [4.78, 5) is -0.0774. The fraction of sp³-hybridized carbons (Fsp3) is 0.533. The van der Waals surface area contributed by atoms with Gasteiger partial charge in [-0.1, -0.05) is 39.0 Å². The van der Waals surface area contributed by atoms with Gasteiger partial charge in [-0.3, -0.25) is 0 Å². The number of halogens is 1. The van der Waals surface area contributed by atoms with Crippen LogP contribution in [0, 0.1) is 17.1 Å². The van der Waals surface area contributed by atoms with Gasteiger partial charge in [0.1, 0.15) is 11.9 Å². The summed E-state index contributed by atoms with van der Waals surface area (Å²) in [5.74, 6) is -0.715. The van der Waals surface area contributed by atoms with Gasteiger partial charge in [0.25, 0.3) is 0 Å². The first kappa shape index (κ1) is 17.6. The predicted octanol–water partition coefficient (Wildman–Crippen LogP) is 3.34. The molecule has 1 aromatic carbocycles. The Morgan fingerprint density at radius 3 is 2.52 bits per heavy atom. The van der Waals surface area contributed by atoms with Crippen molar-refractivity contribution in [1.82, 2.24) is 4.72 Å². The van der Waals surface area contributed by atoms with Crippen molar-refractivity contribution in [3.05, 3.63) is 29.6 Å². The van der Waals surface area contributed by atoms with E-state index in [-0.39, 0.29) is 10.5 Å². The summed E-state index contributed by atoms with van der Waals surface area (Å²) in [7, 11) is -3.67. The van der Waals surface area contributed by atoms with Crippen LogP contribution in [0.4, 0.5) is 4.39 Å². The number of sulfonamides is 1. The lowest BCUT2D eigenvalue weighted by atomic mass is 10.1. The molecule has 0 spiro atoms. The number of hydrogen-bond acceptors (Lipinski definition) is 3. The predicted molar refractivity (Wildman–Crippen MR) is 79.7 cm³/mol. The van der Waals surface area contributed by atoms with E-state index in [0.717, 1.165) is 31.4 Å². The molecule has 0 heterocycles. The lowest BCUT2D eigenvalue weighted by molar-refractivity contribution is 0.567. The Morgan fingerprint density at radius 2 is 1.86 bits per heavy atom. The van der Waals surface area contributed by atoms with Gasteiger partial charge in [-0.2, -0.15) is 5.26 Å². The molecule has 0 saturated heterocycles. The highest BCUT2D eigenvalue weighted by Crippen LogP contribution is 2.14. The lowest BCUT2D eigenvalue weighted by Crippen LogP contribution is -2.25. The van der Waals surface area contributed by atoms with Gasteiger partial charge < -0.3 is 0 Å². The minimum absolute atomic E-state index is 0.0774. The minimum atomic E-state index is -3.67. The third-order valence-electron chi connectivity index (χ3n) is 3.19. The van der Waals surface area contributed by atoms with Gasteiger partial charge in [0.05, 0.1) is 10.5 Å². The van der Waals surface area contributed by atoms with Gasteiger partial charge >= 0.3 is 0 Å². The van der Waals surface area contributed by atoms with Gasteiger partial charge in [-0.05, 0) is 24.6 Å². The Balaban J connectivity index is 2.49. The monoisotopic (exact) mass is 312 g/mol. The molecule has 116 valence electrons. The van der Waals surface area contributed by atoms with Crippen molar-refractivity contribution in [3.8, 4) is 6.07 Å². The highest BCUT2D eigenvalue weighted by molar-refractivity contribution is 7.89. The maximum absolute atomic E-state index is 13.2. The van der Waals surface area contributed by atoms with Crippen LogP contribution in [0.3, 0.4) is 0 Å². The van der Waals surface area contributed by atoms with E-state index in [4.69, 9.17) is 5.26 Å². The first-order chi connectivity index (χ1) is 10.0. The van der Waals surface area contributed by atoms with Crippen molar-refractivity contribution in [2.75, 3.05) is 6.54 Å². The molecule has 21 heavy (non-hydrogen) atoms. The Morgan fingerprint density at radius 1 is 1.19 bits per heavy atom. The molecule has 0 bridgehead atoms. The third-order valence-corrected chi connectivity index (χ3v) is 4.65. The average molecular weight is 312 g/mol. The van der Waals surface area contributed by atoms with Crippen LogP contribution >= 0.6 is 0 Å². The summed E-state index contributed by atoms with van der Waals surface area (Å²) in [5, 5.41) is 8.72. The van der Waals surface area contributed by atoms with E-state index in [1.807, 2.05) is 0 Å².